The summed E-state index contributed by atoms with van der Waals surface area (Å²) in [4.78, 5) is 0. The van der Waals surface area contributed by atoms with Crippen LogP contribution in [0.2, 0.25) is 0 Å². The van der Waals surface area contributed by atoms with Crippen molar-refractivity contribution >= 4 is 6.08 Å². The number of benzene rings is 2. The molecule has 2 rings (SSSR count). The summed E-state index contributed by atoms with van der Waals surface area (Å²) >= 11 is 0. The molecule has 0 saturated heterocycles. The van der Waals surface area contributed by atoms with Crippen LogP contribution in [0.15, 0.2) is 66.4 Å². The summed E-state index contributed by atoms with van der Waals surface area (Å²) < 4.78 is 10.2. The number of aliphatic hydroxyl groups is 1. The predicted molar refractivity (Wildman–Crippen MR) is 89.4 cm³/mol. The largest absolute Gasteiger partial charge is 0.508 e. The van der Waals surface area contributed by atoms with E-state index in [9.17, 15) is 5.11 Å². The third-order valence-corrected chi connectivity index (χ3v) is 3.27. The lowest BCUT2D eigenvalue weighted by atomic mass is 10.1. The van der Waals surface area contributed by atoms with Crippen LogP contribution in [-0.4, -0.2) is 19.3 Å². The maximum absolute atomic E-state index is 9.90. The molecule has 0 saturated carbocycles. The minimum Gasteiger partial charge on any atom is -0.508 e. The van der Waals surface area contributed by atoms with E-state index in [0.717, 1.165) is 22.6 Å². The summed E-state index contributed by atoms with van der Waals surface area (Å²) in [5, 5.41) is 9.90. The summed E-state index contributed by atoms with van der Waals surface area (Å²) in [5.74, 6) is 1.89. The molecule has 2 aromatic rings. The van der Waals surface area contributed by atoms with Crippen LogP contribution >= 0.6 is 0 Å². The first-order valence-corrected chi connectivity index (χ1v) is 7.05. The third kappa shape index (κ3) is 4.70. The molecule has 1 N–H and O–H groups in total. The van der Waals surface area contributed by atoms with E-state index in [2.05, 4.69) is 0 Å². The highest BCUT2D eigenvalue weighted by atomic mass is 16.5. The Morgan fingerprint density at radius 3 is 2.00 bits per heavy atom. The molecule has 0 radical (unpaired) electrons. The molecule has 0 atom stereocenters. The lowest BCUT2D eigenvalue weighted by Crippen LogP contribution is -1.86. The number of hydrogen-bond acceptors (Lipinski definition) is 3. The summed E-state index contributed by atoms with van der Waals surface area (Å²) in [6.07, 6.45) is 6.00. The first-order valence-electron chi connectivity index (χ1n) is 7.05. The summed E-state index contributed by atoms with van der Waals surface area (Å²) in [5.41, 5.74) is 2.12. The second kappa shape index (κ2) is 7.93. The Hall–Kier alpha value is -2.68. The predicted octanol–water partition coefficient (Wildman–Crippen LogP) is 4.40. The molecule has 0 aliphatic carbocycles. The molecule has 114 valence electrons. The van der Waals surface area contributed by atoms with E-state index in [1.165, 1.54) is 0 Å². The molecule has 0 aliphatic heterocycles. The van der Waals surface area contributed by atoms with E-state index in [4.69, 9.17) is 9.47 Å². The fraction of sp³-hybridized carbons (Fsp3) is 0.158. The highest BCUT2D eigenvalue weighted by Crippen LogP contribution is 2.14. The van der Waals surface area contributed by atoms with E-state index in [1.807, 2.05) is 54.6 Å². The number of hydrogen-bond donors (Lipinski definition) is 1. The second-order valence-electron chi connectivity index (χ2n) is 4.79. The zero-order valence-corrected chi connectivity index (χ0v) is 12.8. The van der Waals surface area contributed by atoms with Gasteiger partial charge in [-0.25, -0.2) is 0 Å². The second-order valence-corrected chi connectivity index (χ2v) is 4.79. The molecule has 22 heavy (non-hydrogen) atoms. The number of rotatable bonds is 6. The lowest BCUT2D eigenvalue weighted by molar-refractivity contribution is 0.414. The fourth-order valence-corrected chi connectivity index (χ4v) is 1.95. The van der Waals surface area contributed by atoms with Crippen molar-refractivity contribution in [1.82, 2.24) is 0 Å². The van der Waals surface area contributed by atoms with Crippen LogP contribution < -0.4 is 9.47 Å². The normalized spacial score (nSPS) is 11.6. The number of ether oxygens (including phenoxy) is 2. The average Bonchev–Trinajstić information content (AvgIpc) is 2.59. The summed E-state index contributed by atoms with van der Waals surface area (Å²) in [6, 6.07) is 15.4. The van der Waals surface area contributed by atoms with Crippen LogP contribution in [0, 0.1) is 0 Å². The van der Waals surface area contributed by atoms with Crippen molar-refractivity contribution in [3.05, 3.63) is 77.6 Å². The highest BCUT2D eigenvalue weighted by Gasteiger charge is 1.94. The minimum atomic E-state index is 0.242. The Kier molecular flexibility index (Phi) is 5.66. The Labute approximate surface area is 131 Å². The fourth-order valence-electron chi connectivity index (χ4n) is 1.95. The van der Waals surface area contributed by atoms with Gasteiger partial charge < -0.3 is 14.6 Å². The van der Waals surface area contributed by atoms with Crippen LogP contribution in [0.4, 0.5) is 0 Å². The molecular formula is C19H20O3. The van der Waals surface area contributed by atoms with Gasteiger partial charge in [0.15, 0.2) is 0 Å². The van der Waals surface area contributed by atoms with Gasteiger partial charge in [-0.1, -0.05) is 30.3 Å². The average molecular weight is 296 g/mol. The lowest BCUT2D eigenvalue weighted by Gasteiger charge is -2.01. The number of methoxy groups -OCH3 is 2. The molecular weight excluding hydrogens is 276 g/mol. The zero-order chi connectivity index (χ0) is 15.8. The van der Waals surface area contributed by atoms with Crippen LogP contribution in [0.25, 0.3) is 6.08 Å². The molecule has 0 heterocycles. The third-order valence-electron chi connectivity index (χ3n) is 3.27. The van der Waals surface area contributed by atoms with Crippen molar-refractivity contribution in [2.75, 3.05) is 14.2 Å². The monoisotopic (exact) mass is 296 g/mol. The SMILES string of the molecule is COc1ccc(/C=C/C(O)=C/Cc2ccc(OC)cc2)cc1. The smallest absolute Gasteiger partial charge is 0.118 e. The quantitative estimate of drug-likeness (QED) is 0.634. The Balaban J connectivity index is 1.94. The summed E-state index contributed by atoms with van der Waals surface area (Å²) in [7, 11) is 3.28. The van der Waals surface area contributed by atoms with E-state index in [1.54, 1.807) is 26.4 Å². The molecule has 0 aliphatic rings. The van der Waals surface area contributed by atoms with Crippen molar-refractivity contribution in [3.63, 3.8) is 0 Å². The van der Waals surface area contributed by atoms with Gasteiger partial charge in [0.25, 0.3) is 0 Å². The molecule has 0 spiro atoms. The molecule has 2 aromatic carbocycles. The molecule has 3 heteroatoms. The van der Waals surface area contributed by atoms with Gasteiger partial charge in [0, 0.05) is 0 Å². The molecule has 0 bridgehead atoms. The van der Waals surface area contributed by atoms with Crippen LogP contribution in [0.1, 0.15) is 11.1 Å². The first kappa shape index (κ1) is 15.7. The van der Waals surface area contributed by atoms with Crippen molar-refractivity contribution in [1.29, 1.82) is 0 Å². The maximum Gasteiger partial charge on any atom is 0.118 e. The Morgan fingerprint density at radius 1 is 0.909 bits per heavy atom. The van der Waals surface area contributed by atoms with Gasteiger partial charge in [0.1, 0.15) is 17.3 Å². The van der Waals surface area contributed by atoms with Gasteiger partial charge in [-0.2, -0.15) is 0 Å². The standard InChI is InChI=1S/C19H20O3/c1-21-18-11-5-15(6-12-18)3-9-17(20)10-4-16-7-13-19(22-2)14-8-16/h3,5-14,20H,4H2,1-2H3/b9-3+,17-10-. The Bertz CT molecular complexity index is 637. The number of aliphatic hydroxyl groups excluding tert-OH is 1. The maximum atomic E-state index is 9.90. The van der Waals surface area contributed by atoms with E-state index in [-0.39, 0.29) is 5.76 Å². The molecule has 0 aromatic heterocycles. The van der Waals surface area contributed by atoms with Crippen molar-refractivity contribution in [2.24, 2.45) is 0 Å². The molecule has 0 amide bonds. The van der Waals surface area contributed by atoms with Crippen LogP contribution in [0.5, 0.6) is 11.5 Å². The van der Waals surface area contributed by atoms with Crippen molar-refractivity contribution in [3.8, 4) is 11.5 Å². The molecule has 0 fully saturated rings. The van der Waals surface area contributed by atoms with E-state index >= 15 is 0 Å². The zero-order valence-electron chi connectivity index (χ0n) is 12.8. The first-order chi connectivity index (χ1) is 10.7. The van der Waals surface area contributed by atoms with Crippen LogP contribution in [-0.2, 0) is 6.42 Å². The Morgan fingerprint density at radius 2 is 1.45 bits per heavy atom. The summed E-state index contributed by atoms with van der Waals surface area (Å²) in [6.45, 7) is 0. The topological polar surface area (TPSA) is 38.7 Å². The van der Waals surface area contributed by atoms with Gasteiger partial charge in [-0.05, 0) is 54.0 Å². The molecule has 0 unspecified atom stereocenters. The van der Waals surface area contributed by atoms with Crippen molar-refractivity contribution in [2.45, 2.75) is 6.42 Å². The number of allylic oxidation sites excluding steroid dienone is 2. The molecule has 3 nitrogen and oxygen atoms in total. The minimum absolute atomic E-state index is 0.242. The van der Waals surface area contributed by atoms with Gasteiger partial charge in [-0.15, -0.1) is 0 Å². The van der Waals surface area contributed by atoms with E-state index < -0.39 is 0 Å². The van der Waals surface area contributed by atoms with Gasteiger partial charge >= 0.3 is 0 Å². The highest BCUT2D eigenvalue weighted by molar-refractivity contribution is 5.53. The van der Waals surface area contributed by atoms with Gasteiger partial charge in [0.05, 0.1) is 14.2 Å². The van der Waals surface area contributed by atoms with E-state index in [0.29, 0.717) is 6.42 Å². The van der Waals surface area contributed by atoms with Crippen LogP contribution in [0.3, 0.4) is 0 Å². The van der Waals surface area contributed by atoms with Gasteiger partial charge in [-0.3, -0.25) is 0 Å². The van der Waals surface area contributed by atoms with Crippen molar-refractivity contribution < 1.29 is 14.6 Å². The van der Waals surface area contributed by atoms with Gasteiger partial charge in [0.2, 0.25) is 0 Å².